The lowest BCUT2D eigenvalue weighted by molar-refractivity contribution is -0.162. The van der Waals surface area contributed by atoms with Crippen molar-refractivity contribution in [1.82, 2.24) is 0 Å². The molecule has 0 aliphatic rings. The van der Waals surface area contributed by atoms with Gasteiger partial charge in [-0.3, -0.25) is 0 Å². The van der Waals surface area contributed by atoms with Crippen LogP contribution in [0.1, 0.15) is 33.4 Å². The van der Waals surface area contributed by atoms with Crippen LogP contribution in [-0.2, 0) is 12.4 Å². The van der Waals surface area contributed by atoms with Crippen molar-refractivity contribution < 1.29 is 26.3 Å². The van der Waals surface area contributed by atoms with Gasteiger partial charge >= 0.3 is 12.4 Å². The topological polar surface area (TPSA) is 0 Å². The first kappa shape index (κ1) is 14.9. The minimum Gasteiger partial charge on any atom is -0.166 e. The minimum absolute atomic E-state index is 0.243. The highest BCUT2D eigenvalue weighted by atomic mass is 19.4. The Morgan fingerprint density at radius 3 is 0.889 bits per heavy atom. The van der Waals surface area contributed by atoms with Gasteiger partial charge in [-0.1, -0.05) is 0 Å². The predicted molar refractivity (Wildman–Crippen MR) is 55.4 cm³/mol. The van der Waals surface area contributed by atoms with Gasteiger partial charge in [0.15, 0.2) is 0 Å². The third-order valence-corrected chi connectivity index (χ3v) is 3.25. The zero-order valence-electron chi connectivity index (χ0n) is 10.3. The standard InChI is InChI=1S/C12H12F6/c1-5-6(2)8(4)10(12(16,17)18)9(7(5)3)11(13,14)15/h1-4H3. The van der Waals surface area contributed by atoms with Gasteiger partial charge < -0.3 is 0 Å². The van der Waals surface area contributed by atoms with Crippen molar-refractivity contribution in [3.8, 4) is 0 Å². The first-order chi connectivity index (χ1) is 7.89. The van der Waals surface area contributed by atoms with Crippen LogP contribution in [0.25, 0.3) is 0 Å². The number of hydrogen-bond donors (Lipinski definition) is 0. The number of alkyl halides is 6. The van der Waals surface area contributed by atoms with E-state index in [0.717, 1.165) is 13.8 Å². The third-order valence-electron chi connectivity index (χ3n) is 3.25. The number of rotatable bonds is 0. The minimum atomic E-state index is -5.02. The molecule has 0 bridgehead atoms. The zero-order chi connectivity index (χ0) is 14.5. The van der Waals surface area contributed by atoms with Gasteiger partial charge in [-0.2, -0.15) is 26.3 Å². The summed E-state index contributed by atoms with van der Waals surface area (Å²) >= 11 is 0. The smallest absolute Gasteiger partial charge is 0.166 e. The summed E-state index contributed by atoms with van der Waals surface area (Å²) in [6.07, 6.45) is -10.0. The molecule has 0 saturated carbocycles. The van der Waals surface area contributed by atoms with Crippen molar-refractivity contribution in [3.63, 3.8) is 0 Å². The van der Waals surface area contributed by atoms with Gasteiger partial charge in [-0.05, 0) is 49.9 Å². The Bertz CT molecular complexity index is 434. The zero-order valence-corrected chi connectivity index (χ0v) is 10.3. The average molecular weight is 270 g/mol. The van der Waals surface area contributed by atoms with Crippen LogP contribution in [0.4, 0.5) is 26.3 Å². The molecule has 102 valence electrons. The number of hydrogen-bond acceptors (Lipinski definition) is 0. The van der Waals surface area contributed by atoms with Crippen molar-refractivity contribution in [2.45, 2.75) is 40.0 Å². The fourth-order valence-electron chi connectivity index (χ4n) is 2.02. The second-order valence-electron chi connectivity index (χ2n) is 4.25. The summed E-state index contributed by atoms with van der Waals surface area (Å²) < 4.78 is 77.0. The third kappa shape index (κ3) is 2.33. The van der Waals surface area contributed by atoms with Crippen LogP contribution in [0.5, 0.6) is 0 Å². The van der Waals surface area contributed by atoms with Crippen molar-refractivity contribution in [2.24, 2.45) is 0 Å². The van der Waals surface area contributed by atoms with Gasteiger partial charge in [0.05, 0.1) is 11.1 Å². The van der Waals surface area contributed by atoms with E-state index in [1.54, 1.807) is 0 Å². The lowest BCUT2D eigenvalue weighted by Crippen LogP contribution is -2.21. The van der Waals surface area contributed by atoms with Gasteiger partial charge in [0.1, 0.15) is 0 Å². The van der Waals surface area contributed by atoms with Gasteiger partial charge in [-0.25, -0.2) is 0 Å². The first-order valence-corrected chi connectivity index (χ1v) is 5.13. The average Bonchev–Trinajstić information content (AvgIpc) is 2.16. The Morgan fingerprint density at radius 1 is 0.500 bits per heavy atom. The molecule has 1 aromatic rings. The quantitative estimate of drug-likeness (QED) is 0.584. The molecular formula is C12H12F6. The molecule has 0 spiro atoms. The molecule has 0 radical (unpaired) electrons. The summed E-state index contributed by atoms with van der Waals surface area (Å²) in [7, 11) is 0. The van der Waals surface area contributed by atoms with Crippen LogP contribution in [0.3, 0.4) is 0 Å². The van der Waals surface area contributed by atoms with Crippen molar-refractivity contribution in [2.75, 3.05) is 0 Å². The van der Waals surface area contributed by atoms with E-state index in [4.69, 9.17) is 0 Å². The molecule has 1 rings (SSSR count). The molecule has 0 unspecified atom stereocenters. The monoisotopic (exact) mass is 270 g/mol. The summed E-state index contributed by atoms with van der Waals surface area (Å²) in [6, 6.07) is 0. The van der Waals surface area contributed by atoms with Crippen LogP contribution < -0.4 is 0 Å². The molecule has 18 heavy (non-hydrogen) atoms. The largest absolute Gasteiger partial charge is 0.417 e. The Hall–Kier alpha value is -1.20. The van der Waals surface area contributed by atoms with E-state index >= 15 is 0 Å². The predicted octanol–water partition coefficient (Wildman–Crippen LogP) is 4.96. The normalized spacial score (nSPS) is 13.0. The Morgan fingerprint density at radius 2 is 0.722 bits per heavy atom. The molecule has 0 aliphatic heterocycles. The molecule has 0 nitrogen and oxygen atoms in total. The molecule has 0 saturated heterocycles. The van der Waals surface area contributed by atoms with E-state index in [9.17, 15) is 26.3 Å². The van der Waals surface area contributed by atoms with Crippen LogP contribution in [0.15, 0.2) is 0 Å². The van der Waals surface area contributed by atoms with Crippen molar-refractivity contribution >= 4 is 0 Å². The van der Waals surface area contributed by atoms with Crippen LogP contribution in [0, 0.1) is 27.7 Å². The lowest BCUT2D eigenvalue weighted by Gasteiger charge is -2.23. The summed E-state index contributed by atoms with van der Waals surface area (Å²) in [6.45, 7) is 4.93. The highest BCUT2D eigenvalue weighted by Crippen LogP contribution is 2.45. The van der Waals surface area contributed by atoms with E-state index in [0.29, 0.717) is 0 Å². The van der Waals surface area contributed by atoms with Gasteiger partial charge in [0, 0.05) is 0 Å². The molecule has 0 fully saturated rings. The Balaban J connectivity index is 3.89. The number of halogens is 6. The maximum atomic E-state index is 12.8. The van der Waals surface area contributed by atoms with E-state index in [1.807, 2.05) is 0 Å². The molecule has 0 N–H and O–H groups in total. The molecule has 0 aromatic heterocycles. The van der Waals surface area contributed by atoms with Crippen molar-refractivity contribution in [3.05, 3.63) is 33.4 Å². The van der Waals surface area contributed by atoms with Gasteiger partial charge in [-0.15, -0.1) is 0 Å². The summed E-state index contributed by atoms with van der Waals surface area (Å²) in [5, 5.41) is 0. The van der Waals surface area contributed by atoms with Crippen LogP contribution in [-0.4, -0.2) is 0 Å². The van der Waals surface area contributed by atoms with E-state index in [2.05, 4.69) is 0 Å². The first-order valence-electron chi connectivity index (χ1n) is 5.13. The molecule has 6 heteroatoms. The van der Waals surface area contributed by atoms with E-state index < -0.39 is 23.5 Å². The van der Waals surface area contributed by atoms with Crippen LogP contribution in [0.2, 0.25) is 0 Å². The van der Waals surface area contributed by atoms with Crippen molar-refractivity contribution in [1.29, 1.82) is 0 Å². The fraction of sp³-hybridized carbons (Fsp3) is 0.500. The maximum Gasteiger partial charge on any atom is 0.417 e. The highest BCUT2D eigenvalue weighted by molar-refractivity contribution is 5.52. The molecule has 0 aliphatic carbocycles. The number of benzene rings is 1. The summed E-state index contributed by atoms with van der Waals surface area (Å²) in [4.78, 5) is 0. The molecular weight excluding hydrogens is 258 g/mol. The Kier molecular flexibility index (Phi) is 3.44. The second kappa shape index (κ2) is 4.17. The Labute approximate surface area is 101 Å². The molecule has 1 aromatic carbocycles. The van der Waals surface area contributed by atoms with E-state index in [-0.39, 0.29) is 22.3 Å². The second-order valence-corrected chi connectivity index (χ2v) is 4.25. The fourth-order valence-corrected chi connectivity index (χ4v) is 2.02. The lowest BCUT2D eigenvalue weighted by atomic mass is 9.88. The van der Waals surface area contributed by atoms with E-state index in [1.165, 1.54) is 13.8 Å². The molecule has 0 amide bonds. The maximum absolute atomic E-state index is 12.8. The molecule has 0 heterocycles. The van der Waals surface area contributed by atoms with Gasteiger partial charge in [0.2, 0.25) is 0 Å². The highest BCUT2D eigenvalue weighted by Gasteiger charge is 2.46. The SMILES string of the molecule is Cc1c(C)c(C)c(C(F)(F)F)c(C(F)(F)F)c1C. The van der Waals surface area contributed by atoms with Crippen LogP contribution >= 0.6 is 0 Å². The van der Waals surface area contributed by atoms with Gasteiger partial charge in [0.25, 0.3) is 0 Å². The summed E-state index contributed by atoms with van der Waals surface area (Å²) in [5.41, 5.74) is -3.39. The summed E-state index contributed by atoms with van der Waals surface area (Å²) in [5.74, 6) is 0. The molecule has 0 atom stereocenters.